The van der Waals surface area contributed by atoms with Gasteiger partial charge >= 0.3 is 6.03 Å². The van der Waals surface area contributed by atoms with Gasteiger partial charge in [0.1, 0.15) is 6.04 Å². The zero-order valence-corrected chi connectivity index (χ0v) is 14.8. The molecule has 3 amide bonds. The van der Waals surface area contributed by atoms with Crippen molar-refractivity contribution in [3.8, 4) is 5.69 Å². The predicted molar refractivity (Wildman–Crippen MR) is 96.3 cm³/mol. The van der Waals surface area contributed by atoms with Gasteiger partial charge in [-0.3, -0.25) is 4.79 Å². The van der Waals surface area contributed by atoms with E-state index in [0.717, 1.165) is 17.7 Å². The minimum atomic E-state index is -0.593. The van der Waals surface area contributed by atoms with E-state index in [9.17, 15) is 9.59 Å². The number of amides is 3. The first-order chi connectivity index (χ1) is 12.0. The molecule has 3 N–H and O–H groups in total. The monoisotopic (exact) mass is 343 g/mol. The third-order valence-electron chi connectivity index (χ3n) is 3.87. The van der Waals surface area contributed by atoms with Crippen molar-refractivity contribution in [3.05, 3.63) is 48.3 Å². The van der Waals surface area contributed by atoms with Crippen molar-refractivity contribution in [3.63, 3.8) is 0 Å². The van der Waals surface area contributed by atoms with Gasteiger partial charge in [-0.25, -0.2) is 9.48 Å². The summed E-state index contributed by atoms with van der Waals surface area (Å²) in [5, 5.41) is 12.4. The standard InChI is InChI=1S/C18H25N5O2/c1-4-13(2)21-17(24)14(3)22-18(25)19-12-15-7-5-8-16(11-15)23-10-6-9-20-23/h5-11,13-14H,4,12H2,1-3H3,(H,21,24)(H2,19,22,25). The van der Waals surface area contributed by atoms with E-state index in [4.69, 9.17) is 0 Å². The van der Waals surface area contributed by atoms with Gasteiger partial charge in [0.05, 0.1) is 5.69 Å². The maximum atomic E-state index is 12.0. The molecule has 0 radical (unpaired) electrons. The molecule has 1 aromatic carbocycles. The molecular formula is C18H25N5O2. The summed E-state index contributed by atoms with van der Waals surface area (Å²) in [6, 6.07) is 8.69. The molecule has 2 rings (SSSR count). The molecule has 0 aliphatic carbocycles. The molecule has 2 aromatic rings. The van der Waals surface area contributed by atoms with E-state index in [0.29, 0.717) is 6.54 Å². The highest BCUT2D eigenvalue weighted by Crippen LogP contribution is 2.09. The van der Waals surface area contributed by atoms with Crippen LogP contribution in [-0.4, -0.2) is 33.8 Å². The number of rotatable bonds is 7. The number of nitrogens with one attached hydrogen (secondary N) is 3. The van der Waals surface area contributed by atoms with Crippen LogP contribution in [0.5, 0.6) is 0 Å². The summed E-state index contributed by atoms with van der Waals surface area (Å²) >= 11 is 0. The van der Waals surface area contributed by atoms with E-state index < -0.39 is 6.04 Å². The first-order valence-electron chi connectivity index (χ1n) is 8.43. The lowest BCUT2D eigenvalue weighted by Gasteiger charge is -2.17. The molecule has 1 aromatic heterocycles. The number of hydrogen-bond donors (Lipinski definition) is 3. The topological polar surface area (TPSA) is 88.0 Å². The fourth-order valence-corrected chi connectivity index (χ4v) is 2.20. The average molecular weight is 343 g/mol. The number of carbonyl (C=O) groups excluding carboxylic acids is 2. The van der Waals surface area contributed by atoms with E-state index in [1.165, 1.54) is 0 Å². The Balaban J connectivity index is 1.84. The number of hydrogen-bond acceptors (Lipinski definition) is 3. The number of nitrogens with zero attached hydrogens (tertiary/aromatic N) is 2. The van der Waals surface area contributed by atoms with E-state index >= 15 is 0 Å². The van der Waals surface area contributed by atoms with Gasteiger partial charge in [-0.1, -0.05) is 19.1 Å². The van der Waals surface area contributed by atoms with Crippen molar-refractivity contribution >= 4 is 11.9 Å². The van der Waals surface area contributed by atoms with Crippen LogP contribution in [0.1, 0.15) is 32.8 Å². The molecule has 25 heavy (non-hydrogen) atoms. The van der Waals surface area contributed by atoms with Crippen molar-refractivity contribution in [2.24, 2.45) is 0 Å². The fraction of sp³-hybridized carbons (Fsp3) is 0.389. The van der Waals surface area contributed by atoms with Crippen LogP contribution in [0.4, 0.5) is 4.79 Å². The summed E-state index contributed by atoms with van der Waals surface area (Å²) in [6.45, 7) is 5.95. The summed E-state index contributed by atoms with van der Waals surface area (Å²) in [6.07, 6.45) is 4.41. The lowest BCUT2D eigenvalue weighted by molar-refractivity contribution is -0.123. The molecular weight excluding hydrogens is 318 g/mol. The van der Waals surface area contributed by atoms with Gasteiger partial charge in [0.15, 0.2) is 0 Å². The Labute approximate surface area is 147 Å². The molecule has 7 nitrogen and oxygen atoms in total. The Kier molecular flexibility index (Phi) is 6.56. The van der Waals surface area contributed by atoms with Gasteiger partial charge in [-0.05, 0) is 44.0 Å². The van der Waals surface area contributed by atoms with Gasteiger partial charge in [0, 0.05) is 25.0 Å². The Morgan fingerprint density at radius 3 is 2.68 bits per heavy atom. The molecule has 7 heteroatoms. The molecule has 0 aliphatic rings. The molecule has 134 valence electrons. The highest BCUT2D eigenvalue weighted by molar-refractivity contribution is 5.86. The molecule has 0 aliphatic heterocycles. The second kappa shape index (κ2) is 8.86. The molecule has 0 bridgehead atoms. The Morgan fingerprint density at radius 1 is 1.20 bits per heavy atom. The largest absolute Gasteiger partial charge is 0.352 e. The minimum absolute atomic E-state index is 0.0878. The number of carbonyl (C=O) groups is 2. The Bertz CT molecular complexity index is 699. The van der Waals surface area contributed by atoms with Crippen molar-refractivity contribution < 1.29 is 9.59 Å². The summed E-state index contributed by atoms with van der Waals surface area (Å²) in [5.74, 6) is -0.190. The minimum Gasteiger partial charge on any atom is -0.352 e. The summed E-state index contributed by atoms with van der Waals surface area (Å²) < 4.78 is 1.75. The van der Waals surface area contributed by atoms with Gasteiger partial charge in [-0.2, -0.15) is 5.10 Å². The van der Waals surface area contributed by atoms with E-state index in [2.05, 4.69) is 21.0 Å². The van der Waals surface area contributed by atoms with Crippen LogP contribution in [-0.2, 0) is 11.3 Å². The van der Waals surface area contributed by atoms with Crippen molar-refractivity contribution in [2.45, 2.75) is 45.8 Å². The maximum absolute atomic E-state index is 12.0. The van der Waals surface area contributed by atoms with Crippen molar-refractivity contribution in [2.75, 3.05) is 0 Å². The molecule has 0 saturated heterocycles. The molecule has 2 atom stereocenters. The van der Waals surface area contributed by atoms with Gasteiger partial charge < -0.3 is 16.0 Å². The van der Waals surface area contributed by atoms with Crippen molar-refractivity contribution in [1.82, 2.24) is 25.7 Å². The first kappa shape index (κ1) is 18.5. The highest BCUT2D eigenvalue weighted by atomic mass is 16.2. The summed E-state index contributed by atoms with van der Waals surface area (Å²) in [4.78, 5) is 23.9. The summed E-state index contributed by atoms with van der Waals surface area (Å²) in [5.41, 5.74) is 1.87. The van der Waals surface area contributed by atoms with Crippen molar-refractivity contribution in [1.29, 1.82) is 0 Å². The quantitative estimate of drug-likeness (QED) is 0.718. The molecule has 0 spiro atoms. The number of urea groups is 1. The van der Waals surface area contributed by atoms with Crippen LogP contribution in [0.3, 0.4) is 0 Å². The van der Waals surface area contributed by atoms with Crippen LogP contribution < -0.4 is 16.0 Å². The van der Waals surface area contributed by atoms with Gasteiger partial charge in [0.2, 0.25) is 5.91 Å². The number of benzene rings is 1. The highest BCUT2D eigenvalue weighted by Gasteiger charge is 2.16. The third kappa shape index (κ3) is 5.63. The van der Waals surface area contributed by atoms with Crippen LogP contribution in [0.2, 0.25) is 0 Å². The second-order valence-electron chi connectivity index (χ2n) is 5.99. The van der Waals surface area contributed by atoms with E-state index in [1.807, 2.05) is 50.4 Å². The molecule has 1 heterocycles. The van der Waals surface area contributed by atoms with Gasteiger partial charge in [0.25, 0.3) is 0 Å². The zero-order chi connectivity index (χ0) is 18.2. The van der Waals surface area contributed by atoms with E-state index in [1.54, 1.807) is 17.8 Å². The lowest BCUT2D eigenvalue weighted by atomic mass is 10.2. The Hall–Kier alpha value is -2.83. The predicted octanol–water partition coefficient (Wildman–Crippen LogP) is 1.97. The average Bonchev–Trinajstić information content (AvgIpc) is 3.14. The lowest BCUT2D eigenvalue weighted by Crippen LogP contribution is -2.49. The smallest absolute Gasteiger partial charge is 0.315 e. The Morgan fingerprint density at radius 2 is 2.00 bits per heavy atom. The normalized spacial score (nSPS) is 12.9. The SMILES string of the molecule is CCC(C)NC(=O)C(C)NC(=O)NCc1cccc(-n2cccn2)c1. The van der Waals surface area contributed by atoms with E-state index in [-0.39, 0.29) is 18.0 Å². The van der Waals surface area contributed by atoms with Crippen LogP contribution >= 0.6 is 0 Å². The summed E-state index contributed by atoms with van der Waals surface area (Å²) in [7, 11) is 0. The van der Waals surface area contributed by atoms with Gasteiger partial charge in [-0.15, -0.1) is 0 Å². The van der Waals surface area contributed by atoms with Crippen LogP contribution in [0.15, 0.2) is 42.7 Å². The third-order valence-corrected chi connectivity index (χ3v) is 3.87. The number of aromatic nitrogens is 2. The second-order valence-corrected chi connectivity index (χ2v) is 5.99. The molecule has 0 fully saturated rings. The first-order valence-corrected chi connectivity index (χ1v) is 8.43. The van der Waals surface area contributed by atoms with Crippen LogP contribution in [0.25, 0.3) is 5.69 Å². The molecule has 2 unspecified atom stereocenters. The maximum Gasteiger partial charge on any atom is 0.315 e. The molecule has 0 saturated carbocycles. The fourth-order valence-electron chi connectivity index (χ4n) is 2.20. The zero-order valence-electron chi connectivity index (χ0n) is 14.8. The van der Waals surface area contributed by atoms with Crippen LogP contribution in [0, 0.1) is 0 Å².